The average molecular weight is 246 g/mol. The molecule has 0 spiro atoms. The van der Waals surface area contributed by atoms with E-state index in [4.69, 9.17) is 0 Å². The molecule has 1 aliphatic rings. The maximum Gasteiger partial charge on any atom is 0.0237 e. The van der Waals surface area contributed by atoms with Gasteiger partial charge in [0.2, 0.25) is 0 Å². The molecule has 100 valence electrons. The summed E-state index contributed by atoms with van der Waals surface area (Å²) in [5, 5.41) is 3.69. The van der Waals surface area contributed by atoms with Crippen molar-refractivity contribution in [2.75, 3.05) is 13.1 Å². The molecule has 0 bridgehead atoms. The van der Waals surface area contributed by atoms with E-state index in [1.807, 2.05) is 0 Å². The van der Waals surface area contributed by atoms with Gasteiger partial charge in [0.25, 0.3) is 0 Å². The Morgan fingerprint density at radius 2 is 2.06 bits per heavy atom. The Morgan fingerprint density at radius 3 is 2.78 bits per heavy atom. The minimum Gasteiger partial charge on any atom is -0.313 e. The summed E-state index contributed by atoms with van der Waals surface area (Å²) < 4.78 is 0. The molecule has 1 aromatic carbocycles. The lowest BCUT2D eigenvalue weighted by molar-refractivity contribution is 0.193. The molecule has 0 aliphatic carbocycles. The quantitative estimate of drug-likeness (QED) is 0.878. The summed E-state index contributed by atoms with van der Waals surface area (Å²) in [5.41, 5.74) is 1.43. The van der Waals surface area contributed by atoms with Crippen molar-refractivity contribution < 1.29 is 0 Å². The highest BCUT2D eigenvalue weighted by Gasteiger charge is 2.22. The van der Waals surface area contributed by atoms with Gasteiger partial charge in [0.15, 0.2) is 0 Å². The number of hydrogen-bond acceptors (Lipinski definition) is 2. The number of benzene rings is 1. The molecule has 1 N–H and O–H groups in total. The first-order chi connectivity index (χ1) is 8.79. The third kappa shape index (κ3) is 3.82. The number of nitrogens with one attached hydrogen (secondary N) is 1. The van der Waals surface area contributed by atoms with Crippen LogP contribution in [0, 0.1) is 0 Å². The van der Waals surface area contributed by atoms with E-state index in [0.717, 1.165) is 13.1 Å². The average Bonchev–Trinajstić information content (AvgIpc) is 2.54. The number of nitrogens with zero attached hydrogens (tertiary/aromatic N) is 1. The third-order valence-electron chi connectivity index (χ3n) is 3.94. The fourth-order valence-corrected chi connectivity index (χ4v) is 2.79. The zero-order valence-corrected chi connectivity index (χ0v) is 11.7. The molecule has 18 heavy (non-hydrogen) atoms. The van der Waals surface area contributed by atoms with Crippen molar-refractivity contribution in [1.82, 2.24) is 10.2 Å². The van der Waals surface area contributed by atoms with Crippen LogP contribution in [-0.4, -0.2) is 30.1 Å². The molecule has 1 fully saturated rings. The Hall–Kier alpha value is -0.860. The molecule has 1 aliphatic heterocycles. The van der Waals surface area contributed by atoms with Crippen LogP contribution >= 0.6 is 0 Å². The van der Waals surface area contributed by atoms with Gasteiger partial charge in [-0.25, -0.2) is 0 Å². The van der Waals surface area contributed by atoms with Gasteiger partial charge in [-0.2, -0.15) is 0 Å². The fourth-order valence-electron chi connectivity index (χ4n) is 2.79. The highest BCUT2D eigenvalue weighted by atomic mass is 15.2. The van der Waals surface area contributed by atoms with Crippen molar-refractivity contribution in [2.45, 2.75) is 51.7 Å². The lowest BCUT2D eigenvalue weighted by Crippen LogP contribution is -2.39. The van der Waals surface area contributed by atoms with Crippen LogP contribution in [0.3, 0.4) is 0 Å². The maximum absolute atomic E-state index is 3.69. The number of hydrogen-bond donors (Lipinski definition) is 1. The zero-order valence-electron chi connectivity index (χ0n) is 11.7. The third-order valence-corrected chi connectivity index (χ3v) is 3.94. The van der Waals surface area contributed by atoms with Gasteiger partial charge in [0.1, 0.15) is 0 Å². The van der Waals surface area contributed by atoms with Gasteiger partial charge >= 0.3 is 0 Å². The standard InChI is InChI=1S/C16H26N2/c1-3-7-16-13-18(14(2)10-11-17-16)12-15-8-5-4-6-9-15/h4-6,8-9,14,16-17H,3,7,10-13H2,1-2H3. The second-order valence-corrected chi connectivity index (χ2v) is 5.49. The van der Waals surface area contributed by atoms with Crippen molar-refractivity contribution in [3.63, 3.8) is 0 Å². The van der Waals surface area contributed by atoms with Crippen LogP contribution in [0.4, 0.5) is 0 Å². The molecule has 0 amide bonds. The first kappa shape index (κ1) is 13.6. The predicted octanol–water partition coefficient (Wildman–Crippen LogP) is 3.04. The molecular weight excluding hydrogens is 220 g/mol. The van der Waals surface area contributed by atoms with Gasteiger partial charge in [-0.3, -0.25) is 4.90 Å². The molecule has 1 saturated heterocycles. The molecule has 2 nitrogen and oxygen atoms in total. The Balaban J connectivity index is 1.99. The van der Waals surface area contributed by atoms with Crippen molar-refractivity contribution in [3.8, 4) is 0 Å². The summed E-state index contributed by atoms with van der Waals surface area (Å²) in [6.45, 7) is 8.07. The second kappa shape index (κ2) is 6.91. The molecule has 0 saturated carbocycles. The van der Waals surface area contributed by atoms with Gasteiger partial charge < -0.3 is 5.32 Å². The molecule has 2 atom stereocenters. The predicted molar refractivity (Wildman–Crippen MR) is 77.6 cm³/mol. The highest BCUT2D eigenvalue weighted by Crippen LogP contribution is 2.15. The van der Waals surface area contributed by atoms with Gasteiger partial charge in [-0.15, -0.1) is 0 Å². The Labute approximate surface area is 111 Å². The summed E-state index contributed by atoms with van der Waals surface area (Å²) in [7, 11) is 0. The summed E-state index contributed by atoms with van der Waals surface area (Å²) in [6.07, 6.45) is 3.82. The van der Waals surface area contributed by atoms with Crippen molar-refractivity contribution in [3.05, 3.63) is 35.9 Å². The van der Waals surface area contributed by atoms with E-state index >= 15 is 0 Å². The normalized spacial score (nSPS) is 25.9. The molecule has 2 heteroatoms. The minimum atomic E-state index is 0.670. The lowest BCUT2D eigenvalue weighted by atomic mass is 10.1. The van der Waals surface area contributed by atoms with E-state index < -0.39 is 0 Å². The van der Waals surface area contributed by atoms with Crippen molar-refractivity contribution in [2.24, 2.45) is 0 Å². The van der Waals surface area contributed by atoms with Crippen LogP contribution in [-0.2, 0) is 6.54 Å². The van der Waals surface area contributed by atoms with Crippen LogP contribution in [0.5, 0.6) is 0 Å². The maximum atomic E-state index is 3.69. The highest BCUT2D eigenvalue weighted by molar-refractivity contribution is 5.14. The second-order valence-electron chi connectivity index (χ2n) is 5.49. The zero-order chi connectivity index (χ0) is 12.8. The smallest absolute Gasteiger partial charge is 0.0237 e. The van der Waals surface area contributed by atoms with Crippen LogP contribution in [0.25, 0.3) is 0 Å². The summed E-state index contributed by atoms with van der Waals surface area (Å²) >= 11 is 0. The van der Waals surface area contributed by atoms with E-state index in [-0.39, 0.29) is 0 Å². The van der Waals surface area contributed by atoms with E-state index in [2.05, 4.69) is 54.4 Å². The van der Waals surface area contributed by atoms with Crippen LogP contribution in [0.2, 0.25) is 0 Å². The monoisotopic (exact) mass is 246 g/mol. The van der Waals surface area contributed by atoms with E-state index in [1.54, 1.807) is 0 Å². The molecule has 0 radical (unpaired) electrons. The molecule has 2 unspecified atom stereocenters. The Kier molecular flexibility index (Phi) is 5.21. The Morgan fingerprint density at radius 1 is 1.28 bits per heavy atom. The summed E-state index contributed by atoms with van der Waals surface area (Å²) in [6, 6.07) is 12.2. The van der Waals surface area contributed by atoms with Crippen LogP contribution < -0.4 is 5.32 Å². The minimum absolute atomic E-state index is 0.670. The van der Waals surface area contributed by atoms with E-state index in [0.29, 0.717) is 12.1 Å². The topological polar surface area (TPSA) is 15.3 Å². The van der Waals surface area contributed by atoms with Crippen molar-refractivity contribution in [1.29, 1.82) is 0 Å². The molecule has 0 aromatic heterocycles. The van der Waals surface area contributed by atoms with Crippen LogP contribution in [0.15, 0.2) is 30.3 Å². The van der Waals surface area contributed by atoms with Crippen LogP contribution in [0.1, 0.15) is 38.7 Å². The lowest BCUT2D eigenvalue weighted by Gasteiger charge is -2.29. The van der Waals surface area contributed by atoms with E-state index in [9.17, 15) is 0 Å². The fraction of sp³-hybridized carbons (Fsp3) is 0.625. The summed E-state index contributed by atoms with van der Waals surface area (Å²) in [4.78, 5) is 2.63. The first-order valence-electron chi connectivity index (χ1n) is 7.31. The van der Waals surface area contributed by atoms with Gasteiger partial charge in [0.05, 0.1) is 0 Å². The SMILES string of the molecule is CCCC1CN(Cc2ccccc2)C(C)CCN1. The molecule has 1 heterocycles. The largest absolute Gasteiger partial charge is 0.313 e. The van der Waals surface area contributed by atoms with Gasteiger partial charge in [-0.05, 0) is 31.9 Å². The Bertz CT molecular complexity index is 336. The first-order valence-corrected chi connectivity index (χ1v) is 7.31. The van der Waals surface area contributed by atoms with Gasteiger partial charge in [-0.1, -0.05) is 43.7 Å². The van der Waals surface area contributed by atoms with Crippen molar-refractivity contribution >= 4 is 0 Å². The molecule has 1 aromatic rings. The number of rotatable bonds is 4. The molecular formula is C16H26N2. The molecule has 2 rings (SSSR count). The van der Waals surface area contributed by atoms with E-state index in [1.165, 1.54) is 31.4 Å². The van der Waals surface area contributed by atoms with Gasteiger partial charge in [0, 0.05) is 25.2 Å². The summed E-state index contributed by atoms with van der Waals surface area (Å²) in [5.74, 6) is 0.